The number of hydrogen-bond acceptors (Lipinski definition) is 3. The molecule has 1 rings (SSSR count). The Morgan fingerprint density at radius 2 is 2.70 bits per heavy atom. The van der Waals surface area contributed by atoms with E-state index in [1.54, 1.807) is 18.0 Å². The lowest BCUT2D eigenvalue weighted by molar-refractivity contribution is 0.395. The molecule has 0 amide bonds. The second kappa shape index (κ2) is 4.17. The first kappa shape index (κ1) is 7.41. The van der Waals surface area contributed by atoms with Gasteiger partial charge in [0.15, 0.2) is 0 Å². The van der Waals surface area contributed by atoms with E-state index in [2.05, 4.69) is 11.7 Å². The van der Waals surface area contributed by atoms with Crippen molar-refractivity contribution in [2.75, 3.05) is 5.75 Å². The highest BCUT2D eigenvalue weighted by atomic mass is 32.2. The Hall–Kier alpha value is -0.700. The summed E-state index contributed by atoms with van der Waals surface area (Å²) in [6.07, 6.45) is 3.53. The molecule has 3 heteroatoms. The van der Waals surface area contributed by atoms with E-state index < -0.39 is 0 Å². The molecule has 54 valence electrons. The van der Waals surface area contributed by atoms with Crippen LogP contribution in [0.4, 0.5) is 0 Å². The van der Waals surface area contributed by atoms with Gasteiger partial charge in [-0.25, -0.2) is 0 Å². The molecule has 0 aliphatic rings. The third kappa shape index (κ3) is 2.27. The molecule has 2 nitrogen and oxygen atoms in total. The zero-order valence-corrected chi connectivity index (χ0v) is 6.43. The molecule has 0 aliphatic heterocycles. The minimum Gasteiger partial charge on any atom is -0.361 e. The number of nitrogens with zero attached hydrogens (tertiary/aromatic N) is 1. The topological polar surface area (TPSA) is 26.0 Å². The Morgan fingerprint density at radius 1 is 1.80 bits per heavy atom. The summed E-state index contributed by atoms with van der Waals surface area (Å²) in [6, 6.07) is 1.87. The highest BCUT2D eigenvalue weighted by Crippen LogP contribution is 2.10. The zero-order valence-electron chi connectivity index (χ0n) is 5.62. The molecule has 0 bridgehead atoms. The van der Waals surface area contributed by atoms with Crippen molar-refractivity contribution in [2.45, 2.75) is 5.75 Å². The molecule has 0 spiro atoms. The second-order valence-corrected chi connectivity index (χ2v) is 2.81. The predicted octanol–water partition coefficient (Wildman–Crippen LogP) is 2.09. The van der Waals surface area contributed by atoms with Crippen LogP contribution in [0.25, 0.3) is 0 Å². The summed E-state index contributed by atoms with van der Waals surface area (Å²) in [5.74, 6) is 2.76. The van der Waals surface area contributed by atoms with Crippen LogP contribution in [-0.4, -0.2) is 10.9 Å². The van der Waals surface area contributed by atoms with Crippen molar-refractivity contribution in [1.29, 1.82) is 0 Å². The Kier molecular flexibility index (Phi) is 3.09. The maximum absolute atomic E-state index is 4.87. The van der Waals surface area contributed by atoms with Gasteiger partial charge in [-0.2, -0.15) is 0 Å². The molecule has 10 heavy (non-hydrogen) atoms. The monoisotopic (exact) mass is 155 g/mol. The first-order chi connectivity index (χ1) is 4.93. The largest absolute Gasteiger partial charge is 0.361 e. The average Bonchev–Trinajstić information content (AvgIpc) is 2.41. The van der Waals surface area contributed by atoms with Gasteiger partial charge in [-0.1, -0.05) is 11.2 Å². The van der Waals surface area contributed by atoms with E-state index in [-0.39, 0.29) is 0 Å². The van der Waals surface area contributed by atoms with E-state index >= 15 is 0 Å². The van der Waals surface area contributed by atoms with E-state index in [1.807, 2.05) is 12.1 Å². The summed E-state index contributed by atoms with van der Waals surface area (Å²) in [5, 5.41) is 3.59. The van der Waals surface area contributed by atoms with Gasteiger partial charge >= 0.3 is 0 Å². The lowest BCUT2D eigenvalue weighted by atomic mass is 10.5. The highest BCUT2D eigenvalue weighted by molar-refractivity contribution is 7.98. The third-order valence-corrected chi connectivity index (χ3v) is 1.93. The average molecular weight is 155 g/mol. The first-order valence-corrected chi connectivity index (χ1v) is 4.17. The second-order valence-electron chi connectivity index (χ2n) is 1.78. The van der Waals surface area contributed by atoms with Gasteiger partial charge in [-0.05, 0) is 0 Å². The van der Waals surface area contributed by atoms with Crippen LogP contribution in [0.15, 0.2) is 29.4 Å². The fourth-order valence-corrected chi connectivity index (χ4v) is 1.19. The summed E-state index contributed by atoms with van der Waals surface area (Å²) >= 11 is 1.76. The van der Waals surface area contributed by atoms with E-state index in [4.69, 9.17) is 4.52 Å². The number of hydrogen-bond donors (Lipinski definition) is 0. The molecular formula is C7H9NOS. The van der Waals surface area contributed by atoms with Crippen LogP contribution in [0.1, 0.15) is 5.76 Å². The molecule has 0 saturated carbocycles. The molecule has 1 aromatic rings. The van der Waals surface area contributed by atoms with Crippen LogP contribution in [0.3, 0.4) is 0 Å². The van der Waals surface area contributed by atoms with E-state index in [1.165, 1.54) is 0 Å². The molecule has 0 radical (unpaired) electrons. The van der Waals surface area contributed by atoms with Crippen molar-refractivity contribution in [3.8, 4) is 0 Å². The maximum Gasteiger partial charge on any atom is 0.146 e. The lowest BCUT2D eigenvalue weighted by Gasteiger charge is -1.90. The first-order valence-electron chi connectivity index (χ1n) is 3.01. The minimum atomic E-state index is 0.881. The standard InChI is InChI=1S/C7H9NOS/c1-2-5-10-6-7-3-4-8-9-7/h2-4H,1,5-6H2. The fraction of sp³-hybridized carbons (Fsp3) is 0.286. The highest BCUT2D eigenvalue weighted by Gasteiger charge is 1.93. The van der Waals surface area contributed by atoms with Crippen molar-refractivity contribution in [2.24, 2.45) is 0 Å². The Balaban J connectivity index is 2.21. The maximum atomic E-state index is 4.87. The normalized spacial score (nSPS) is 9.60. The van der Waals surface area contributed by atoms with Gasteiger partial charge in [0.25, 0.3) is 0 Å². The molecule has 0 aliphatic carbocycles. The number of rotatable bonds is 4. The molecule has 0 atom stereocenters. The minimum absolute atomic E-state index is 0.881. The summed E-state index contributed by atoms with van der Waals surface area (Å²) in [6.45, 7) is 3.61. The van der Waals surface area contributed by atoms with Crippen LogP contribution in [0.2, 0.25) is 0 Å². The SMILES string of the molecule is C=CCSCc1ccno1. The molecule has 1 aromatic heterocycles. The summed E-state index contributed by atoms with van der Waals surface area (Å²) in [4.78, 5) is 0. The van der Waals surface area contributed by atoms with Crippen molar-refractivity contribution in [1.82, 2.24) is 5.16 Å². The van der Waals surface area contributed by atoms with Crippen molar-refractivity contribution in [3.63, 3.8) is 0 Å². The summed E-state index contributed by atoms with van der Waals surface area (Å²) in [5.41, 5.74) is 0. The van der Waals surface area contributed by atoms with Crippen molar-refractivity contribution in [3.05, 3.63) is 30.7 Å². The predicted molar refractivity (Wildman–Crippen MR) is 42.9 cm³/mol. The molecular weight excluding hydrogens is 146 g/mol. The smallest absolute Gasteiger partial charge is 0.146 e. The molecule has 0 N–H and O–H groups in total. The Morgan fingerprint density at radius 3 is 3.30 bits per heavy atom. The Labute approximate surface area is 64.3 Å². The molecule has 0 saturated heterocycles. The third-order valence-electron chi connectivity index (χ3n) is 0.971. The zero-order chi connectivity index (χ0) is 7.23. The molecule has 1 heterocycles. The van der Waals surface area contributed by atoms with Gasteiger partial charge in [0.2, 0.25) is 0 Å². The van der Waals surface area contributed by atoms with E-state index in [0.717, 1.165) is 17.3 Å². The molecule has 0 aromatic carbocycles. The lowest BCUT2D eigenvalue weighted by Crippen LogP contribution is -1.75. The van der Waals surface area contributed by atoms with Crippen molar-refractivity contribution < 1.29 is 4.52 Å². The summed E-state index contributed by atoms with van der Waals surface area (Å²) < 4.78 is 4.87. The van der Waals surface area contributed by atoms with Crippen LogP contribution < -0.4 is 0 Å². The number of thioether (sulfide) groups is 1. The summed E-state index contributed by atoms with van der Waals surface area (Å²) in [7, 11) is 0. The van der Waals surface area contributed by atoms with Gasteiger partial charge in [0.1, 0.15) is 5.76 Å². The van der Waals surface area contributed by atoms with E-state index in [9.17, 15) is 0 Å². The molecule has 0 unspecified atom stereocenters. The molecule has 0 fully saturated rings. The van der Waals surface area contributed by atoms with Gasteiger partial charge in [-0.3, -0.25) is 0 Å². The van der Waals surface area contributed by atoms with Crippen LogP contribution in [0.5, 0.6) is 0 Å². The van der Waals surface area contributed by atoms with E-state index in [0.29, 0.717) is 0 Å². The number of aromatic nitrogens is 1. The van der Waals surface area contributed by atoms with Gasteiger partial charge in [0, 0.05) is 11.8 Å². The van der Waals surface area contributed by atoms with Crippen molar-refractivity contribution >= 4 is 11.8 Å². The Bertz CT molecular complexity index is 183. The quantitative estimate of drug-likeness (QED) is 0.492. The van der Waals surface area contributed by atoms with Gasteiger partial charge in [0.05, 0.1) is 11.9 Å². The van der Waals surface area contributed by atoms with Crippen LogP contribution >= 0.6 is 11.8 Å². The van der Waals surface area contributed by atoms with Crippen LogP contribution in [-0.2, 0) is 5.75 Å². The fourth-order valence-electron chi connectivity index (χ4n) is 0.559. The van der Waals surface area contributed by atoms with Crippen LogP contribution in [0, 0.1) is 0 Å². The van der Waals surface area contributed by atoms with Gasteiger partial charge in [-0.15, -0.1) is 18.3 Å². The van der Waals surface area contributed by atoms with Gasteiger partial charge < -0.3 is 4.52 Å².